The third-order valence-corrected chi connectivity index (χ3v) is 5.44. The van der Waals surface area contributed by atoms with Crippen LogP contribution >= 0.6 is 12.6 Å². The van der Waals surface area contributed by atoms with Crippen molar-refractivity contribution >= 4 is 53.2 Å². The van der Waals surface area contributed by atoms with Gasteiger partial charge in [0.05, 0.1) is 19.1 Å². The van der Waals surface area contributed by atoms with Crippen molar-refractivity contribution < 1.29 is 39.3 Å². The number of fused-ring (bicyclic) bond motifs is 1. The van der Waals surface area contributed by atoms with Crippen LogP contribution in [0.4, 0.5) is 0 Å². The molecule has 0 spiro atoms. The number of amides is 3. The Morgan fingerprint density at radius 3 is 2.14 bits per heavy atom. The van der Waals surface area contributed by atoms with Gasteiger partial charge >= 0.3 is 11.9 Å². The van der Waals surface area contributed by atoms with Gasteiger partial charge in [0.1, 0.15) is 18.1 Å². The van der Waals surface area contributed by atoms with Crippen LogP contribution < -0.4 is 21.7 Å². The summed E-state index contributed by atoms with van der Waals surface area (Å²) in [7, 11) is 0. The van der Waals surface area contributed by atoms with Gasteiger partial charge in [0, 0.05) is 29.3 Å². The first-order valence-corrected chi connectivity index (χ1v) is 11.1. The van der Waals surface area contributed by atoms with Crippen LogP contribution in [0.15, 0.2) is 30.5 Å². The molecule has 1 heterocycles. The van der Waals surface area contributed by atoms with E-state index in [1.807, 2.05) is 12.1 Å². The number of nitrogens with two attached hydrogens (primary N) is 1. The Labute approximate surface area is 204 Å². The van der Waals surface area contributed by atoms with Crippen molar-refractivity contribution in [3.05, 3.63) is 36.0 Å². The first kappa shape index (κ1) is 27.6. The molecule has 9 N–H and O–H groups in total. The summed E-state index contributed by atoms with van der Waals surface area (Å²) in [4.78, 5) is 62.6. The van der Waals surface area contributed by atoms with E-state index in [0.29, 0.717) is 5.56 Å². The van der Waals surface area contributed by atoms with Crippen LogP contribution in [0.3, 0.4) is 0 Å². The summed E-state index contributed by atoms with van der Waals surface area (Å²) in [5, 5.41) is 35.4. The first-order chi connectivity index (χ1) is 16.6. The van der Waals surface area contributed by atoms with E-state index in [4.69, 9.17) is 10.8 Å². The average Bonchev–Trinajstić information content (AvgIpc) is 3.22. The Kier molecular flexibility index (Phi) is 10.1. The Morgan fingerprint density at radius 2 is 1.54 bits per heavy atom. The predicted molar refractivity (Wildman–Crippen MR) is 127 cm³/mol. The molecule has 0 aliphatic heterocycles. The van der Waals surface area contributed by atoms with Gasteiger partial charge in [-0.05, 0) is 11.6 Å². The Balaban J connectivity index is 2.03. The van der Waals surface area contributed by atoms with Crippen LogP contribution in [0, 0.1) is 0 Å². The number of rotatable bonds is 13. The van der Waals surface area contributed by atoms with Gasteiger partial charge in [-0.15, -0.1) is 0 Å². The Hall–Kier alpha value is -3.62. The van der Waals surface area contributed by atoms with Crippen LogP contribution in [0.2, 0.25) is 0 Å². The zero-order chi connectivity index (χ0) is 26.1. The van der Waals surface area contributed by atoms with Crippen molar-refractivity contribution in [1.82, 2.24) is 20.9 Å². The molecule has 1 aromatic carbocycles. The molecule has 4 unspecified atom stereocenters. The molecule has 13 nitrogen and oxygen atoms in total. The Morgan fingerprint density at radius 1 is 0.943 bits per heavy atom. The summed E-state index contributed by atoms with van der Waals surface area (Å²) in [5.41, 5.74) is 6.90. The summed E-state index contributed by atoms with van der Waals surface area (Å²) >= 11 is 3.96. The number of carbonyl (C=O) groups is 5. The van der Waals surface area contributed by atoms with Crippen molar-refractivity contribution in [1.29, 1.82) is 0 Å². The maximum Gasteiger partial charge on any atom is 0.326 e. The molecular weight excluding hydrogens is 482 g/mol. The second-order valence-corrected chi connectivity index (χ2v) is 8.02. The number of para-hydroxylation sites is 1. The summed E-state index contributed by atoms with van der Waals surface area (Å²) in [6, 6.07) is 1.61. The number of aromatic nitrogens is 1. The van der Waals surface area contributed by atoms with E-state index < -0.39 is 66.9 Å². The average molecular weight is 510 g/mol. The van der Waals surface area contributed by atoms with Crippen LogP contribution in [0.5, 0.6) is 0 Å². The van der Waals surface area contributed by atoms with Crippen molar-refractivity contribution in [2.24, 2.45) is 5.73 Å². The molecule has 0 aliphatic carbocycles. The van der Waals surface area contributed by atoms with Crippen molar-refractivity contribution in [2.45, 2.75) is 37.0 Å². The summed E-state index contributed by atoms with van der Waals surface area (Å²) in [6.07, 6.45) is 0.905. The number of aliphatic carboxylic acids is 2. The number of hydrogen-bond donors (Lipinski definition) is 9. The summed E-state index contributed by atoms with van der Waals surface area (Å²) in [5.74, 6) is -5.64. The van der Waals surface area contributed by atoms with Gasteiger partial charge in [0.25, 0.3) is 0 Å². The summed E-state index contributed by atoms with van der Waals surface area (Å²) < 4.78 is 0. The fourth-order valence-electron chi connectivity index (χ4n) is 3.21. The van der Waals surface area contributed by atoms with Crippen LogP contribution in [0.1, 0.15) is 12.0 Å². The molecule has 4 atom stereocenters. The number of thiol groups is 1. The molecule has 0 bridgehead atoms. The lowest BCUT2D eigenvalue weighted by molar-refractivity contribution is -0.142. The lowest BCUT2D eigenvalue weighted by Gasteiger charge is -2.23. The lowest BCUT2D eigenvalue weighted by atomic mass is 10.0. The standard InChI is InChI=1S/C21H27N5O8S/c22-12(6-17(28)29)18(30)26-16(9-35)20(32)25-15(8-27)19(31)24-14(21(33)34)5-10-7-23-13-4-2-1-3-11(10)13/h1-4,7,12,14-16,23,27,35H,5-6,8-9,22H2,(H,24,31)(H,25,32)(H,26,30)(H,28,29)(H,33,34). The molecule has 3 amide bonds. The molecule has 190 valence electrons. The third-order valence-electron chi connectivity index (χ3n) is 5.08. The highest BCUT2D eigenvalue weighted by Gasteiger charge is 2.30. The molecule has 0 saturated heterocycles. The molecule has 2 aromatic rings. The van der Waals surface area contributed by atoms with Gasteiger partial charge in [-0.25, -0.2) is 4.79 Å². The van der Waals surface area contributed by atoms with Crippen molar-refractivity contribution in [2.75, 3.05) is 12.4 Å². The summed E-state index contributed by atoms with van der Waals surface area (Å²) in [6.45, 7) is -0.858. The molecule has 0 aliphatic rings. The van der Waals surface area contributed by atoms with E-state index in [1.165, 1.54) is 0 Å². The fraction of sp³-hybridized carbons (Fsp3) is 0.381. The van der Waals surface area contributed by atoms with Crippen LogP contribution in [-0.2, 0) is 30.4 Å². The predicted octanol–water partition coefficient (Wildman–Crippen LogP) is -2.03. The Bertz CT molecular complexity index is 1090. The van der Waals surface area contributed by atoms with Gasteiger partial charge in [0.15, 0.2) is 0 Å². The normalized spacial score (nSPS) is 14.4. The second-order valence-electron chi connectivity index (χ2n) is 7.65. The molecule has 0 radical (unpaired) electrons. The fourth-order valence-corrected chi connectivity index (χ4v) is 3.47. The van der Waals surface area contributed by atoms with E-state index in [0.717, 1.165) is 10.9 Å². The number of H-pyrrole nitrogens is 1. The van der Waals surface area contributed by atoms with Gasteiger partial charge in [0.2, 0.25) is 17.7 Å². The SMILES string of the molecule is NC(CC(=O)O)C(=O)NC(CS)C(=O)NC(CO)C(=O)NC(Cc1c[nH]c2ccccc12)C(=O)O. The number of aliphatic hydroxyl groups is 1. The smallest absolute Gasteiger partial charge is 0.326 e. The van der Waals surface area contributed by atoms with E-state index >= 15 is 0 Å². The second kappa shape index (κ2) is 12.7. The molecule has 2 rings (SSSR count). The van der Waals surface area contributed by atoms with Crippen molar-refractivity contribution in [3.8, 4) is 0 Å². The number of carboxylic acids is 2. The minimum Gasteiger partial charge on any atom is -0.481 e. The minimum absolute atomic E-state index is 0.0615. The van der Waals surface area contributed by atoms with Gasteiger partial charge < -0.3 is 42.0 Å². The maximum absolute atomic E-state index is 12.6. The number of carboxylic acid groups (broad SMARTS) is 2. The molecule has 1 aromatic heterocycles. The van der Waals surface area contributed by atoms with E-state index in [1.54, 1.807) is 18.3 Å². The monoisotopic (exact) mass is 509 g/mol. The molecule has 0 fully saturated rings. The highest BCUT2D eigenvalue weighted by Crippen LogP contribution is 2.19. The molecule has 35 heavy (non-hydrogen) atoms. The van der Waals surface area contributed by atoms with Gasteiger partial charge in [-0.3, -0.25) is 19.2 Å². The third kappa shape index (κ3) is 7.70. The number of hydrogen-bond acceptors (Lipinski definition) is 8. The highest BCUT2D eigenvalue weighted by atomic mass is 32.1. The number of aromatic amines is 1. The van der Waals surface area contributed by atoms with E-state index in [2.05, 4.69) is 33.6 Å². The van der Waals surface area contributed by atoms with Crippen LogP contribution in [-0.4, -0.2) is 86.5 Å². The van der Waals surface area contributed by atoms with Gasteiger partial charge in [-0.1, -0.05) is 18.2 Å². The minimum atomic E-state index is -1.53. The van der Waals surface area contributed by atoms with E-state index in [9.17, 15) is 34.2 Å². The lowest BCUT2D eigenvalue weighted by Crippen LogP contribution is -2.58. The topological polar surface area (TPSA) is 224 Å². The number of nitrogens with one attached hydrogen (secondary N) is 4. The molecular formula is C21H27N5O8S. The van der Waals surface area contributed by atoms with Gasteiger partial charge in [-0.2, -0.15) is 12.6 Å². The first-order valence-electron chi connectivity index (χ1n) is 10.4. The zero-order valence-corrected chi connectivity index (χ0v) is 19.3. The largest absolute Gasteiger partial charge is 0.481 e. The van der Waals surface area contributed by atoms with E-state index in [-0.39, 0.29) is 12.2 Å². The maximum atomic E-state index is 12.6. The zero-order valence-electron chi connectivity index (χ0n) is 18.4. The van der Waals surface area contributed by atoms with Crippen molar-refractivity contribution in [3.63, 3.8) is 0 Å². The molecule has 14 heteroatoms. The highest BCUT2D eigenvalue weighted by molar-refractivity contribution is 7.80. The number of aliphatic hydroxyl groups excluding tert-OH is 1. The van der Waals surface area contributed by atoms with Crippen LogP contribution in [0.25, 0.3) is 10.9 Å². The number of benzene rings is 1. The quantitative estimate of drug-likeness (QED) is 0.136. The molecule has 0 saturated carbocycles. The number of carbonyl (C=O) groups excluding carboxylic acids is 3.